The standard InChI is InChI=1S/C17H19N3O4/c1-11-9-15(19-12(2)18-11)24-14-5-7-20(8-6-14)17(22)13-3-4-16(21)23-10-13/h3-4,9-10,14H,5-8H2,1-2H3. The minimum atomic E-state index is -0.464. The van der Waals surface area contributed by atoms with Crippen LogP contribution in [0, 0.1) is 13.8 Å². The van der Waals surface area contributed by atoms with Gasteiger partial charge in [-0.15, -0.1) is 0 Å². The first-order valence-electron chi connectivity index (χ1n) is 7.88. The van der Waals surface area contributed by atoms with Gasteiger partial charge in [-0.25, -0.2) is 9.78 Å². The average Bonchev–Trinajstić information content (AvgIpc) is 2.55. The maximum absolute atomic E-state index is 12.4. The Labute approximate surface area is 139 Å². The van der Waals surface area contributed by atoms with E-state index in [1.807, 2.05) is 19.9 Å². The highest BCUT2D eigenvalue weighted by molar-refractivity contribution is 5.93. The van der Waals surface area contributed by atoms with Gasteiger partial charge in [-0.05, 0) is 19.9 Å². The zero-order chi connectivity index (χ0) is 17.1. The summed E-state index contributed by atoms with van der Waals surface area (Å²) in [6.07, 6.45) is 2.69. The predicted molar refractivity (Wildman–Crippen MR) is 86.0 cm³/mol. The van der Waals surface area contributed by atoms with E-state index in [1.54, 1.807) is 4.90 Å². The molecule has 1 aliphatic rings. The van der Waals surface area contributed by atoms with E-state index >= 15 is 0 Å². The van der Waals surface area contributed by atoms with Crippen LogP contribution in [0.3, 0.4) is 0 Å². The molecule has 1 saturated heterocycles. The number of aryl methyl sites for hydroxylation is 2. The summed E-state index contributed by atoms with van der Waals surface area (Å²) >= 11 is 0. The topological polar surface area (TPSA) is 85.5 Å². The number of amides is 1. The SMILES string of the molecule is Cc1cc(OC2CCN(C(=O)c3ccc(=O)oc3)CC2)nc(C)n1. The van der Waals surface area contributed by atoms with Gasteiger partial charge in [0.15, 0.2) is 0 Å². The summed E-state index contributed by atoms with van der Waals surface area (Å²) < 4.78 is 10.7. The molecule has 1 aliphatic heterocycles. The Hall–Kier alpha value is -2.70. The molecule has 7 nitrogen and oxygen atoms in total. The Morgan fingerprint density at radius 2 is 2.00 bits per heavy atom. The van der Waals surface area contributed by atoms with Crippen molar-refractivity contribution < 1.29 is 13.9 Å². The van der Waals surface area contributed by atoms with Gasteiger partial charge in [-0.2, -0.15) is 4.98 Å². The van der Waals surface area contributed by atoms with Crippen molar-refractivity contribution in [1.29, 1.82) is 0 Å². The highest BCUT2D eigenvalue weighted by Gasteiger charge is 2.25. The van der Waals surface area contributed by atoms with Gasteiger partial charge in [-0.1, -0.05) is 0 Å². The van der Waals surface area contributed by atoms with Gasteiger partial charge >= 0.3 is 5.63 Å². The Morgan fingerprint density at radius 1 is 1.25 bits per heavy atom. The van der Waals surface area contributed by atoms with E-state index in [1.165, 1.54) is 18.4 Å². The van der Waals surface area contributed by atoms with Crippen molar-refractivity contribution in [3.8, 4) is 5.88 Å². The van der Waals surface area contributed by atoms with Crippen LogP contribution >= 0.6 is 0 Å². The third-order valence-electron chi connectivity index (χ3n) is 3.91. The van der Waals surface area contributed by atoms with E-state index in [2.05, 4.69) is 9.97 Å². The predicted octanol–water partition coefficient (Wildman–Crippen LogP) is 1.73. The first-order chi connectivity index (χ1) is 11.5. The number of rotatable bonds is 3. The molecular weight excluding hydrogens is 310 g/mol. The van der Waals surface area contributed by atoms with E-state index in [9.17, 15) is 9.59 Å². The van der Waals surface area contributed by atoms with Gasteiger partial charge in [0.05, 0.1) is 5.56 Å². The number of hydrogen-bond acceptors (Lipinski definition) is 6. The van der Waals surface area contributed by atoms with Gasteiger partial charge in [0.1, 0.15) is 18.2 Å². The molecule has 0 bridgehead atoms. The molecule has 24 heavy (non-hydrogen) atoms. The Kier molecular flexibility index (Phi) is 4.59. The lowest BCUT2D eigenvalue weighted by molar-refractivity contribution is 0.0585. The second-order valence-corrected chi connectivity index (χ2v) is 5.85. The van der Waals surface area contributed by atoms with E-state index in [0.29, 0.717) is 30.4 Å². The van der Waals surface area contributed by atoms with Crippen molar-refractivity contribution >= 4 is 5.91 Å². The molecule has 3 rings (SSSR count). The molecule has 0 saturated carbocycles. The molecule has 0 spiro atoms. The number of carbonyl (C=O) groups is 1. The Balaban J connectivity index is 1.58. The average molecular weight is 329 g/mol. The molecule has 7 heteroatoms. The first kappa shape index (κ1) is 16.2. The van der Waals surface area contributed by atoms with Crippen molar-refractivity contribution in [2.24, 2.45) is 0 Å². The van der Waals surface area contributed by atoms with Crippen LogP contribution in [0.4, 0.5) is 0 Å². The monoisotopic (exact) mass is 329 g/mol. The molecule has 0 unspecified atom stereocenters. The number of ether oxygens (including phenoxy) is 1. The quantitative estimate of drug-likeness (QED) is 0.852. The summed E-state index contributed by atoms with van der Waals surface area (Å²) in [5.74, 6) is 1.13. The van der Waals surface area contributed by atoms with Crippen molar-refractivity contribution in [1.82, 2.24) is 14.9 Å². The fraction of sp³-hybridized carbons (Fsp3) is 0.412. The van der Waals surface area contributed by atoms with Gasteiger partial charge < -0.3 is 14.1 Å². The maximum Gasteiger partial charge on any atom is 0.335 e. The summed E-state index contributed by atoms with van der Waals surface area (Å²) in [6, 6.07) is 4.56. The van der Waals surface area contributed by atoms with E-state index < -0.39 is 5.63 Å². The fourth-order valence-electron chi connectivity index (χ4n) is 2.75. The van der Waals surface area contributed by atoms with Crippen LogP contribution in [-0.2, 0) is 0 Å². The minimum Gasteiger partial charge on any atom is -0.474 e. The molecular formula is C17H19N3O4. The number of hydrogen-bond donors (Lipinski definition) is 0. The lowest BCUT2D eigenvalue weighted by Crippen LogP contribution is -2.41. The molecule has 0 aliphatic carbocycles. The van der Waals surface area contributed by atoms with E-state index in [-0.39, 0.29) is 12.0 Å². The van der Waals surface area contributed by atoms with E-state index in [0.717, 1.165) is 18.5 Å². The van der Waals surface area contributed by atoms with Crippen molar-refractivity contribution in [2.75, 3.05) is 13.1 Å². The smallest absolute Gasteiger partial charge is 0.335 e. The lowest BCUT2D eigenvalue weighted by atomic mass is 10.1. The molecule has 0 N–H and O–H groups in total. The van der Waals surface area contributed by atoms with Crippen LogP contribution in [0.15, 0.2) is 33.7 Å². The summed E-state index contributed by atoms with van der Waals surface area (Å²) in [7, 11) is 0. The fourth-order valence-corrected chi connectivity index (χ4v) is 2.75. The third-order valence-corrected chi connectivity index (χ3v) is 3.91. The summed E-state index contributed by atoms with van der Waals surface area (Å²) in [4.78, 5) is 33.6. The zero-order valence-electron chi connectivity index (χ0n) is 13.7. The van der Waals surface area contributed by atoms with Crippen molar-refractivity contribution in [3.05, 3.63) is 52.0 Å². The highest BCUT2D eigenvalue weighted by atomic mass is 16.5. The second kappa shape index (κ2) is 6.82. The van der Waals surface area contributed by atoms with E-state index in [4.69, 9.17) is 9.15 Å². The molecule has 2 aromatic heterocycles. The number of nitrogens with zero attached hydrogens (tertiary/aromatic N) is 3. The molecule has 126 valence electrons. The largest absolute Gasteiger partial charge is 0.474 e. The molecule has 0 aromatic carbocycles. The van der Waals surface area contributed by atoms with Crippen LogP contribution in [0.5, 0.6) is 5.88 Å². The first-order valence-corrected chi connectivity index (χ1v) is 7.88. The van der Waals surface area contributed by atoms with Gasteiger partial charge in [0, 0.05) is 43.8 Å². The normalized spacial score (nSPS) is 15.3. The van der Waals surface area contributed by atoms with Crippen LogP contribution < -0.4 is 10.4 Å². The number of likely N-dealkylation sites (tertiary alicyclic amines) is 1. The molecule has 1 amide bonds. The second-order valence-electron chi connectivity index (χ2n) is 5.85. The van der Waals surface area contributed by atoms with Crippen LogP contribution in [0.2, 0.25) is 0 Å². The molecule has 3 heterocycles. The minimum absolute atomic E-state index is 0.0245. The molecule has 1 fully saturated rings. The maximum atomic E-state index is 12.4. The number of carbonyl (C=O) groups excluding carboxylic acids is 1. The molecule has 2 aromatic rings. The van der Waals surface area contributed by atoms with Crippen molar-refractivity contribution in [2.45, 2.75) is 32.8 Å². The van der Waals surface area contributed by atoms with Crippen LogP contribution in [-0.4, -0.2) is 40.0 Å². The lowest BCUT2D eigenvalue weighted by Gasteiger charge is -2.31. The van der Waals surface area contributed by atoms with Gasteiger partial charge in [0.2, 0.25) is 5.88 Å². The zero-order valence-corrected chi connectivity index (χ0v) is 13.7. The van der Waals surface area contributed by atoms with Gasteiger partial charge in [-0.3, -0.25) is 4.79 Å². The molecule has 0 atom stereocenters. The summed E-state index contributed by atoms with van der Waals surface area (Å²) in [6.45, 7) is 4.91. The molecule has 0 radical (unpaired) electrons. The third kappa shape index (κ3) is 3.79. The number of piperidine rings is 1. The summed E-state index contributed by atoms with van der Waals surface area (Å²) in [5, 5.41) is 0. The summed E-state index contributed by atoms with van der Waals surface area (Å²) in [5.41, 5.74) is 0.792. The highest BCUT2D eigenvalue weighted by Crippen LogP contribution is 2.19. The van der Waals surface area contributed by atoms with Gasteiger partial charge in [0.25, 0.3) is 5.91 Å². The van der Waals surface area contributed by atoms with Crippen molar-refractivity contribution in [3.63, 3.8) is 0 Å². The van der Waals surface area contributed by atoms with Crippen LogP contribution in [0.25, 0.3) is 0 Å². The Morgan fingerprint density at radius 3 is 2.62 bits per heavy atom. The number of aromatic nitrogens is 2. The Bertz CT molecular complexity index is 754. The van der Waals surface area contributed by atoms with Crippen LogP contribution in [0.1, 0.15) is 34.7 Å².